The maximum absolute atomic E-state index is 6.50. The zero-order valence-corrected chi connectivity index (χ0v) is 22.3. The fourth-order valence-electron chi connectivity index (χ4n) is 8.35. The highest BCUT2D eigenvalue weighted by Gasteiger charge is 2.34. The van der Waals surface area contributed by atoms with Crippen molar-refractivity contribution in [3.8, 4) is 0 Å². The molecule has 0 saturated heterocycles. The fraction of sp³-hybridized carbons (Fsp3) is 0.0588. The van der Waals surface area contributed by atoms with E-state index in [0.29, 0.717) is 0 Å². The molecule has 0 aliphatic carbocycles. The molecule has 0 radical (unpaired) electrons. The summed E-state index contributed by atoms with van der Waals surface area (Å²) in [4.78, 5) is 0. The van der Waals surface area contributed by atoms with Crippen LogP contribution in [0.15, 0.2) is 55.0 Å². The molecule has 180 valence electrons. The Morgan fingerprint density at radius 3 is 1.64 bits per heavy atom. The number of aryl methyl sites for hydroxylation is 1. The van der Waals surface area contributed by atoms with Crippen LogP contribution in [0.2, 0.25) is 0 Å². The van der Waals surface area contributed by atoms with Crippen LogP contribution in [0, 0.1) is 6.92 Å². The summed E-state index contributed by atoms with van der Waals surface area (Å²) in [5.74, 6) is 0. The van der Waals surface area contributed by atoms with Crippen LogP contribution in [-0.2, 0) is 0 Å². The van der Waals surface area contributed by atoms with Gasteiger partial charge in [-0.2, -0.15) is 0 Å². The van der Waals surface area contributed by atoms with E-state index < -0.39 is 0 Å². The first-order chi connectivity index (χ1) is 19.3. The summed E-state index contributed by atoms with van der Waals surface area (Å²) in [5, 5.41) is 27.7. The van der Waals surface area contributed by atoms with E-state index in [9.17, 15) is 0 Å². The Hall–Kier alpha value is -4.32. The normalized spacial score (nSPS) is 15.0. The van der Waals surface area contributed by atoms with Crippen molar-refractivity contribution in [2.24, 2.45) is 0 Å². The smallest absolute Gasteiger partial charge is 0.152 e. The predicted octanol–water partition coefficient (Wildman–Crippen LogP) is 10.8. The van der Waals surface area contributed by atoms with Crippen molar-refractivity contribution in [1.29, 1.82) is 0 Å². The van der Waals surface area contributed by atoms with Crippen molar-refractivity contribution in [2.45, 2.75) is 13.8 Å². The van der Waals surface area contributed by atoms with Gasteiger partial charge in [-0.25, -0.2) is 0 Å². The lowest BCUT2D eigenvalue weighted by Gasteiger charge is -2.22. The highest BCUT2D eigenvalue weighted by molar-refractivity contribution is 7.20. The summed E-state index contributed by atoms with van der Waals surface area (Å²) in [6.45, 7) is 4.30. The van der Waals surface area contributed by atoms with Gasteiger partial charge in [0.1, 0.15) is 5.58 Å². The summed E-state index contributed by atoms with van der Waals surface area (Å²) in [6, 6.07) is 0. The Labute approximate surface area is 225 Å². The third kappa shape index (κ3) is 1.61. The molecule has 7 aromatic carbocycles. The molecule has 0 saturated carbocycles. The van der Waals surface area contributed by atoms with Gasteiger partial charge in [0.05, 0.1) is 28.2 Å². The van der Waals surface area contributed by atoms with Crippen molar-refractivity contribution in [3.05, 3.63) is 52.5 Å². The zero-order chi connectivity index (χ0) is 25.0. The number of allylic oxidation sites excluding steroid dienone is 2. The second kappa shape index (κ2) is 5.53. The standard InChI is InChI=1S/C34H14O3S2/c1-3-4-5-12-13-6-36-31-20(13)26-24-18(12)11(2)30-19-14(7-35-30)16-9-38-34-22(16)28(25(19)24)27-21-15(8-37-32(21)34)17-10-39-33(31)23(17)29(26)27/h3-10H,1-2H3/b4-3+,12-5-. The van der Waals surface area contributed by atoms with E-state index in [1.165, 1.54) is 112 Å². The van der Waals surface area contributed by atoms with E-state index in [-0.39, 0.29) is 0 Å². The molecule has 0 amide bonds. The van der Waals surface area contributed by atoms with E-state index in [2.05, 4.69) is 42.8 Å². The van der Waals surface area contributed by atoms with Crippen LogP contribution in [0.5, 0.6) is 0 Å². The van der Waals surface area contributed by atoms with Crippen molar-refractivity contribution in [3.63, 3.8) is 0 Å². The van der Waals surface area contributed by atoms with Crippen molar-refractivity contribution in [2.75, 3.05) is 0 Å². The third-order valence-corrected chi connectivity index (χ3v) is 11.6. The van der Waals surface area contributed by atoms with Crippen LogP contribution < -0.4 is 5.22 Å². The number of benzene rings is 7. The molecule has 5 aromatic heterocycles. The van der Waals surface area contributed by atoms with Gasteiger partial charge in [0.2, 0.25) is 0 Å². The minimum Gasteiger partial charge on any atom is -0.463 e. The molecule has 39 heavy (non-hydrogen) atoms. The molecule has 3 nitrogen and oxygen atoms in total. The highest BCUT2D eigenvalue weighted by atomic mass is 32.1. The Balaban J connectivity index is 1.67. The molecule has 0 unspecified atom stereocenters. The third-order valence-electron chi connectivity index (χ3n) is 9.68. The van der Waals surface area contributed by atoms with Crippen LogP contribution in [0.3, 0.4) is 0 Å². The Bertz CT molecular complexity index is 2990. The number of hydrogen-bond acceptors (Lipinski definition) is 5. The molecule has 5 heterocycles. The van der Waals surface area contributed by atoms with Crippen LogP contribution in [0.4, 0.5) is 0 Å². The van der Waals surface area contributed by atoms with E-state index in [4.69, 9.17) is 13.3 Å². The largest absolute Gasteiger partial charge is 0.463 e. The molecular formula is C34H14O3S2. The summed E-state index contributed by atoms with van der Waals surface area (Å²) in [5.41, 5.74) is 4.21. The molecule has 0 fully saturated rings. The first kappa shape index (κ1) is 18.9. The summed E-state index contributed by atoms with van der Waals surface area (Å²) in [7, 11) is 0. The quantitative estimate of drug-likeness (QED) is 0.155. The number of rotatable bonds is 1. The molecule has 0 aliphatic heterocycles. The van der Waals surface area contributed by atoms with Gasteiger partial charge >= 0.3 is 0 Å². The average molecular weight is 535 g/mol. The van der Waals surface area contributed by atoms with Gasteiger partial charge in [-0.05, 0) is 29.8 Å². The Morgan fingerprint density at radius 1 is 0.538 bits per heavy atom. The van der Waals surface area contributed by atoms with Gasteiger partial charge in [-0.1, -0.05) is 18.2 Å². The molecule has 0 N–H and O–H groups in total. The molecular weight excluding hydrogens is 521 g/mol. The Kier molecular flexibility index (Phi) is 2.67. The minimum atomic E-state index is 0.995. The first-order valence-electron chi connectivity index (χ1n) is 13.2. The maximum atomic E-state index is 6.50. The van der Waals surface area contributed by atoms with Crippen LogP contribution in [0.1, 0.15) is 12.5 Å². The second-order valence-electron chi connectivity index (χ2n) is 11.1. The molecule has 12 rings (SSSR count). The molecule has 5 heteroatoms. The molecule has 0 aliphatic rings. The molecule has 0 bridgehead atoms. The summed E-state index contributed by atoms with van der Waals surface area (Å²) >= 11 is 3.59. The minimum absolute atomic E-state index is 0.995. The van der Waals surface area contributed by atoms with E-state index in [1.54, 1.807) is 22.7 Å². The number of furan rings is 3. The summed E-state index contributed by atoms with van der Waals surface area (Å²) in [6.07, 6.45) is 12.5. The zero-order valence-electron chi connectivity index (χ0n) is 20.7. The van der Waals surface area contributed by atoms with Gasteiger partial charge in [-0.3, -0.25) is 0 Å². The number of fused-ring (bicyclic) bond motifs is 4. The van der Waals surface area contributed by atoms with Crippen molar-refractivity contribution in [1.82, 2.24) is 0 Å². The van der Waals surface area contributed by atoms with Gasteiger partial charge in [0.15, 0.2) is 11.2 Å². The van der Waals surface area contributed by atoms with Crippen LogP contribution in [0.25, 0.3) is 124 Å². The van der Waals surface area contributed by atoms with Crippen molar-refractivity contribution >= 4 is 146 Å². The molecule has 12 aromatic rings. The van der Waals surface area contributed by atoms with E-state index >= 15 is 0 Å². The summed E-state index contributed by atoms with van der Waals surface area (Å²) < 4.78 is 21.9. The number of hydrogen-bond donors (Lipinski definition) is 0. The topological polar surface area (TPSA) is 39.4 Å². The lowest BCUT2D eigenvalue weighted by molar-refractivity contribution is 0.617. The number of thiophene rings is 2. The molecule has 0 spiro atoms. The van der Waals surface area contributed by atoms with Gasteiger partial charge in [0.25, 0.3) is 0 Å². The van der Waals surface area contributed by atoms with Gasteiger partial charge in [-0.15, -0.1) is 22.7 Å². The second-order valence-corrected chi connectivity index (χ2v) is 12.9. The SMILES string of the molecule is C/C=C/C=c1/c2coc3c4scc5c6coc7c8scc9c%10coc%11c(C)c1c1c(c%11%10)c(c98)c(c67)c(c54)c1c23. The average Bonchev–Trinajstić information content (AvgIpc) is 3.76. The van der Waals surface area contributed by atoms with Gasteiger partial charge in [0, 0.05) is 97.1 Å². The molecule has 0 atom stereocenters. The maximum Gasteiger partial charge on any atom is 0.152 e. The monoisotopic (exact) mass is 534 g/mol. The lowest BCUT2D eigenvalue weighted by atomic mass is 9.78. The first-order valence-corrected chi connectivity index (χ1v) is 14.9. The van der Waals surface area contributed by atoms with E-state index in [0.717, 1.165) is 16.7 Å². The van der Waals surface area contributed by atoms with Crippen LogP contribution >= 0.6 is 22.7 Å². The van der Waals surface area contributed by atoms with E-state index in [1.807, 2.05) is 18.8 Å². The lowest BCUT2D eigenvalue weighted by Crippen LogP contribution is -2.07. The Morgan fingerprint density at radius 2 is 1.03 bits per heavy atom. The van der Waals surface area contributed by atoms with Crippen molar-refractivity contribution < 1.29 is 13.3 Å². The predicted molar refractivity (Wildman–Crippen MR) is 167 cm³/mol. The van der Waals surface area contributed by atoms with Gasteiger partial charge < -0.3 is 13.3 Å². The van der Waals surface area contributed by atoms with Crippen LogP contribution in [-0.4, -0.2) is 0 Å². The fourth-order valence-corrected chi connectivity index (χ4v) is 10.5. The highest BCUT2D eigenvalue weighted by Crippen LogP contribution is 2.60.